The summed E-state index contributed by atoms with van der Waals surface area (Å²) in [5, 5.41) is 7.89. The predicted octanol–water partition coefficient (Wildman–Crippen LogP) is 2.26. The molecule has 0 unspecified atom stereocenters. The number of aromatic nitrogens is 2. The van der Waals surface area contributed by atoms with Crippen molar-refractivity contribution in [1.29, 1.82) is 0 Å². The molecule has 3 rings (SSSR count). The first-order chi connectivity index (χ1) is 11.4. The third-order valence-corrected chi connectivity index (χ3v) is 6.40. The minimum atomic E-state index is -3.51. The summed E-state index contributed by atoms with van der Waals surface area (Å²) in [6, 6.07) is 5.02. The molecule has 1 fully saturated rings. The van der Waals surface area contributed by atoms with Gasteiger partial charge in [0.05, 0.1) is 12.0 Å². The number of hydrogen-bond acceptors (Lipinski definition) is 6. The van der Waals surface area contributed by atoms with Gasteiger partial charge in [0.15, 0.2) is 0 Å². The zero-order valence-electron chi connectivity index (χ0n) is 14.0. The average Bonchev–Trinajstić information content (AvgIpc) is 3.01. The number of sulfonamides is 1. The van der Waals surface area contributed by atoms with E-state index in [1.165, 1.54) is 4.31 Å². The summed E-state index contributed by atoms with van der Waals surface area (Å²) in [6.45, 7) is 4.42. The van der Waals surface area contributed by atoms with Crippen molar-refractivity contribution >= 4 is 10.0 Å². The van der Waals surface area contributed by atoms with E-state index in [2.05, 4.69) is 10.2 Å². The van der Waals surface area contributed by atoms with Crippen molar-refractivity contribution in [2.45, 2.75) is 37.5 Å². The third-order valence-electron chi connectivity index (χ3n) is 4.34. The molecule has 2 aromatic rings. The first-order valence-corrected chi connectivity index (χ1v) is 9.30. The minimum Gasteiger partial charge on any atom is -0.497 e. The lowest BCUT2D eigenvalue weighted by Crippen LogP contribution is -2.38. The number of piperidine rings is 1. The quantitative estimate of drug-likeness (QED) is 0.840. The van der Waals surface area contributed by atoms with Gasteiger partial charge >= 0.3 is 0 Å². The largest absolute Gasteiger partial charge is 0.497 e. The molecule has 0 saturated carbocycles. The SMILES string of the molecule is COc1ccc(S(=O)(=O)N2CCC(c3nnc(C)o3)CC2)c(C)c1. The zero-order valence-corrected chi connectivity index (χ0v) is 14.8. The second kappa shape index (κ2) is 6.52. The number of methoxy groups -OCH3 is 1. The molecule has 7 nitrogen and oxygen atoms in total. The van der Waals surface area contributed by atoms with Crippen LogP contribution in [0.15, 0.2) is 27.5 Å². The van der Waals surface area contributed by atoms with Gasteiger partial charge in [0, 0.05) is 25.9 Å². The van der Waals surface area contributed by atoms with E-state index in [0.29, 0.717) is 53.9 Å². The van der Waals surface area contributed by atoms with Gasteiger partial charge in [0.2, 0.25) is 21.8 Å². The van der Waals surface area contributed by atoms with Crippen LogP contribution >= 0.6 is 0 Å². The highest BCUT2D eigenvalue weighted by Gasteiger charge is 2.32. The number of ether oxygens (including phenoxy) is 1. The van der Waals surface area contributed by atoms with Crippen molar-refractivity contribution in [1.82, 2.24) is 14.5 Å². The fraction of sp³-hybridized carbons (Fsp3) is 0.500. The van der Waals surface area contributed by atoms with E-state index in [0.717, 1.165) is 0 Å². The number of rotatable bonds is 4. The Morgan fingerprint density at radius 1 is 1.21 bits per heavy atom. The fourth-order valence-corrected chi connectivity index (χ4v) is 4.67. The van der Waals surface area contributed by atoms with Crippen LogP contribution < -0.4 is 4.74 Å². The van der Waals surface area contributed by atoms with Gasteiger partial charge in [-0.2, -0.15) is 4.31 Å². The first kappa shape index (κ1) is 16.9. The molecular weight excluding hydrogens is 330 g/mol. The van der Waals surface area contributed by atoms with Crippen LogP contribution in [0.1, 0.15) is 36.1 Å². The van der Waals surface area contributed by atoms with Crippen LogP contribution in [0.2, 0.25) is 0 Å². The van der Waals surface area contributed by atoms with E-state index < -0.39 is 10.0 Å². The molecule has 1 aliphatic heterocycles. The van der Waals surface area contributed by atoms with E-state index in [1.54, 1.807) is 39.2 Å². The Kier molecular flexibility index (Phi) is 4.60. The summed E-state index contributed by atoms with van der Waals surface area (Å²) in [6.07, 6.45) is 1.35. The molecule has 0 aliphatic carbocycles. The molecule has 0 amide bonds. The molecular formula is C16H21N3O4S. The number of hydrogen-bond donors (Lipinski definition) is 0. The molecule has 0 spiro atoms. The number of benzene rings is 1. The van der Waals surface area contributed by atoms with Crippen LogP contribution in [0, 0.1) is 13.8 Å². The Hall–Kier alpha value is -1.93. The Morgan fingerprint density at radius 3 is 2.46 bits per heavy atom. The Labute approximate surface area is 141 Å². The van der Waals surface area contributed by atoms with Gasteiger partial charge in [-0.15, -0.1) is 10.2 Å². The molecule has 0 N–H and O–H groups in total. The smallest absolute Gasteiger partial charge is 0.243 e. The molecule has 24 heavy (non-hydrogen) atoms. The second-order valence-electron chi connectivity index (χ2n) is 5.97. The lowest BCUT2D eigenvalue weighted by Gasteiger charge is -2.30. The molecule has 0 radical (unpaired) electrons. The fourth-order valence-electron chi connectivity index (χ4n) is 3.00. The highest BCUT2D eigenvalue weighted by molar-refractivity contribution is 7.89. The summed E-state index contributed by atoms with van der Waals surface area (Å²) in [7, 11) is -1.94. The van der Waals surface area contributed by atoms with Crippen LogP contribution in [0.3, 0.4) is 0 Å². The maximum absolute atomic E-state index is 12.9. The van der Waals surface area contributed by atoms with Gasteiger partial charge < -0.3 is 9.15 Å². The molecule has 1 saturated heterocycles. The van der Waals surface area contributed by atoms with Gasteiger partial charge in [0.25, 0.3) is 0 Å². The van der Waals surface area contributed by atoms with Crippen LogP contribution in [-0.4, -0.2) is 43.1 Å². The Morgan fingerprint density at radius 2 is 1.92 bits per heavy atom. The van der Waals surface area contributed by atoms with Crippen molar-refractivity contribution in [3.8, 4) is 5.75 Å². The van der Waals surface area contributed by atoms with Gasteiger partial charge in [-0.3, -0.25) is 0 Å². The third kappa shape index (κ3) is 3.16. The summed E-state index contributed by atoms with van der Waals surface area (Å²) < 4.78 is 37.9. The highest BCUT2D eigenvalue weighted by atomic mass is 32.2. The molecule has 0 bridgehead atoms. The Balaban J connectivity index is 1.75. The first-order valence-electron chi connectivity index (χ1n) is 7.86. The maximum atomic E-state index is 12.9. The normalized spacial score (nSPS) is 17.1. The van der Waals surface area contributed by atoms with Crippen molar-refractivity contribution < 1.29 is 17.6 Å². The van der Waals surface area contributed by atoms with E-state index in [9.17, 15) is 8.42 Å². The summed E-state index contributed by atoms with van der Waals surface area (Å²) in [4.78, 5) is 0.329. The van der Waals surface area contributed by atoms with Gasteiger partial charge in [0.1, 0.15) is 5.75 Å². The molecule has 1 aliphatic rings. The minimum absolute atomic E-state index is 0.120. The summed E-state index contributed by atoms with van der Waals surface area (Å²) in [5.74, 6) is 1.91. The van der Waals surface area contributed by atoms with Crippen LogP contribution in [0.25, 0.3) is 0 Å². The highest BCUT2D eigenvalue weighted by Crippen LogP contribution is 2.31. The number of aryl methyl sites for hydroxylation is 2. The van der Waals surface area contributed by atoms with E-state index in [1.807, 2.05) is 0 Å². The zero-order chi connectivity index (χ0) is 17.3. The predicted molar refractivity (Wildman–Crippen MR) is 87.5 cm³/mol. The standard InChI is InChI=1S/C16H21N3O4S/c1-11-10-14(22-3)4-5-15(11)24(20,21)19-8-6-13(7-9-19)16-18-17-12(2)23-16/h4-5,10,13H,6-9H2,1-3H3. The summed E-state index contributed by atoms with van der Waals surface area (Å²) >= 11 is 0. The van der Waals surface area contributed by atoms with Crippen molar-refractivity contribution in [3.63, 3.8) is 0 Å². The van der Waals surface area contributed by atoms with Crippen molar-refractivity contribution in [2.24, 2.45) is 0 Å². The van der Waals surface area contributed by atoms with E-state index in [4.69, 9.17) is 9.15 Å². The molecule has 0 atom stereocenters. The van der Waals surface area contributed by atoms with Crippen LogP contribution in [0.5, 0.6) is 5.75 Å². The topological polar surface area (TPSA) is 85.5 Å². The average molecular weight is 351 g/mol. The van der Waals surface area contributed by atoms with E-state index >= 15 is 0 Å². The van der Waals surface area contributed by atoms with E-state index in [-0.39, 0.29) is 5.92 Å². The maximum Gasteiger partial charge on any atom is 0.243 e. The van der Waals surface area contributed by atoms with Crippen LogP contribution in [0.4, 0.5) is 0 Å². The lowest BCUT2D eigenvalue weighted by molar-refractivity contribution is 0.287. The molecule has 130 valence electrons. The molecule has 8 heteroatoms. The van der Waals surface area contributed by atoms with Gasteiger partial charge in [-0.25, -0.2) is 8.42 Å². The van der Waals surface area contributed by atoms with Crippen molar-refractivity contribution in [2.75, 3.05) is 20.2 Å². The van der Waals surface area contributed by atoms with Crippen molar-refractivity contribution in [3.05, 3.63) is 35.5 Å². The van der Waals surface area contributed by atoms with Gasteiger partial charge in [-0.1, -0.05) is 0 Å². The Bertz CT molecular complexity index is 824. The molecule has 1 aromatic heterocycles. The molecule has 1 aromatic carbocycles. The second-order valence-corrected chi connectivity index (χ2v) is 7.88. The monoisotopic (exact) mass is 351 g/mol. The lowest BCUT2D eigenvalue weighted by atomic mass is 9.98. The van der Waals surface area contributed by atoms with Crippen LogP contribution in [-0.2, 0) is 10.0 Å². The van der Waals surface area contributed by atoms with Gasteiger partial charge in [-0.05, 0) is 43.5 Å². The summed E-state index contributed by atoms with van der Waals surface area (Å²) in [5.41, 5.74) is 0.684. The number of nitrogens with zero attached hydrogens (tertiary/aromatic N) is 3. The molecule has 2 heterocycles.